The van der Waals surface area contributed by atoms with Crippen LogP contribution in [0.4, 0.5) is 4.39 Å². The molecule has 0 saturated heterocycles. The van der Waals surface area contributed by atoms with E-state index in [1.165, 1.54) is 12.1 Å². The summed E-state index contributed by atoms with van der Waals surface area (Å²) >= 11 is 3.39. The minimum Gasteiger partial charge on any atom is -0.289 e. The first-order valence-electron chi connectivity index (χ1n) is 5.56. The van der Waals surface area contributed by atoms with Crippen molar-refractivity contribution >= 4 is 21.7 Å². The number of hydrogen-bond acceptors (Lipinski definition) is 1. The van der Waals surface area contributed by atoms with Crippen molar-refractivity contribution in [3.8, 4) is 0 Å². The maximum atomic E-state index is 13.2. The maximum absolute atomic E-state index is 13.2. The fourth-order valence-electron chi connectivity index (χ4n) is 1.73. The molecule has 92 valence electrons. The fraction of sp³-hybridized carbons (Fsp3) is 0.133. The lowest BCUT2D eigenvalue weighted by atomic mass is 9.98. The second-order valence-electron chi connectivity index (χ2n) is 4.25. The fourth-order valence-corrected chi connectivity index (χ4v) is 2.11. The molecule has 18 heavy (non-hydrogen) atoms. The van der Waals surface area contributed by atoms with E-state index in [0.717, 1.165) is 15.6 Å². The highest BCUT2D eigenvalue weighted by atomic mass is 79.9. The summed E-state index contributed by atoms with van der Waals surface area (Å²) < 4.78 is 14.1. The predicted octanol–water partition coefficient (Wildman–Crippen LogP) is 4.44. The number of ketones is 1. The summed E-state index contributed by atoms with van der Waals surface area (Å²) in [5.41, 5.74) is 2.80. The van der Waals surface area contributed by atoms with E-state index in [0.29, 0.717) is 11.1 Å². The Balaban J connectivity index is 2.47. The Labute approximate surface area is 114 Å². The zero-order valence-electron chi connectivity index (χ0n) is 10.1. The Kier molecular flexibility index (Phi) is 3.62. The second-order valence-corrected chi connectivity index (χ2v) is 5.11. The largest absolute Gasteiger partial charge is 0.289 e. The van der Waals surface area contributed by atoms with E-state index in [1.807, 2.05) is 13.0 Å². The van der Waals surface area contributed by atoms with Gasteiger partial charge in [-0.15, -0.1) is 0 Å². The average molecular weight is 307 g/mol. The highest BCUT2D eigenvalue weighted by molar-refractivity contribution is 9.10. The van der Waals surface area contributed by atoms with Gasteiger partial charge >= 0.3 is 0 Å². The van der Waals surface area contributed by atoms with Crippen molar-refractivity contribution in [3.63, 3.8) is 0 Å². The molecule has 0 atom stereocenters. The molecule has 0 aliphatic rings. The van der Waals surface area contributed by atoms with Gasteiger partial charge in [0.15, 0.2) is 5.78 Å². The summed E-state index contributed by atoms with van der Waals surface area (Å²) in [6.45, 7) is 3.75. The van der Waals surface area contributed by atoms with Crippen LogP contribution in [0.5, 0.6) is 0 Å². The molecule has 3 heteroatoms. The number of rotatable bonds is 2. The minimum absolute atomic E-state index is 0.160. The molecule has 0 fully saturated rings. The van der Waals surface area contributed by atoms with Crippen molar-refractivity contribution in [1.82, 2.24) is 0 Å². The molecule has 0 amide bonds. The van der Waals surface area contributed by atoms with Crippen LogP contribution in [0.3, 0.4) is 0 Å². The predicted molar refractivity (Wildman–Crippen MR) is 73.4 cm³/mol. The highest BCUT2D eigenvalue weighted by Gasteiger charge is 2.13. The van der Waals surface area contributed by atoms with Gasteiger partial charge in [-0.3, -0.25) is 4.79 Å². The quantitative estimate of drug-likeness (QED) is 0.750. The number of aryl methyl sites for hydroxylation is 2. The first-order valence-corrected chi connectivity index (χ1v) is 6.35. The van der Waals surface area contributed by atoms with Crippen molar-refractivity contribution in [1.29, 1.82) is 0 Å². The Morgan fingerprint density at radius 2 is 1.72 bits per heavy atom. The summed E-state index contributed by atoms with van der Waals surface area (Å²) in [6, 6.07) is 9.65. The molecule has 2 rings (SSSR count). The maximum Gasteiger partial charge on any atom is 0.193 e. The third-order valence-electron chi connectivity index (χ3n) is 2.88. The molecule has 0 aliphatic heterocycles. The van der Waals surface area contributed by atoms with E-state index >= 15 is 0 Å². The molecule has 0 N–H and O–H groups in total. The van der Waals surface area contributed by atoms with Crippen LogP contribution in [0.2, 0.25) is 0 Å². The molecule has 0 aliphatic carbocycles. The second kappa shape index (κ2) is 5.02. The Morgan fingerprint density at radius 3 is 2.39 bits per heavy atom. The van der Waals surface area contributed by atoms with Crippen molar-refractivity contribution in [2.75, 3.05) is 0 Å². The molecule has 0 unspecified atom stereocenters. The summed E-state index contributed by atoms with van der Waals surface area (Å²) in [6.07, 6.45) is 0. The summed E-state index contributed by atoms with van der Waals surface area (Å²) in [5.74, 6) is -0.553. The van der Waals surface area contributed by atoms with Crippen LogP contribution in [0.15, 0.2) is 40.9 Å². The zero-order chi connectivity index (χ0) is 13.3. The lowest BCUT2D eigenvalue weighted by molar-refractivity contribution is 0.103. The molecule has 0 aromatic heterocycles. The van der Waals surface area contributed by atoms with Gasteiger partial charge in [-0.2, -0.15) is 0 Å². The van der Waals surface area contributed by atoms with Crippen LogP contribution in [-0.2, 0) is 0 Å². The smallest absolute Gasteiger partial charge is 0.193 e. The van der Waals surface area contributed by atoms with Crippen LogP contribution >= 0.6 is 15.9 Å². The molecule has 0 saturated carbocycles. The van der Waals surface area contributed by atoms with Crippen LogP contribution in [-0.4, -0.2) is 5.78 Å². The lowest BCUT2D eigenvalue weighted by Crippen LogP contribution is -2.04. The topological polar surface area (TPSA) is 17.1 Å². The van der Waals surface area contributed by atoms with Gasteiger partial charge in [0.1, 0.15) is 5.82 Å². The van der Waals surface area contributed by atoms with Crippen LogP contribution < -0.4 is 0 Å². The monoisotopic (exact) mass is 306 g/mol. The van der Waals surface area contributed by atoms with Gasteiger partial charge in [-0.05, 0) is 43.2 Å². The standard InChI is InChI=1S/C15H12BrFO/c1-9-4-6-12(17)8-13(9)15(18)11-5-3-10(2)14(16)7-11/h3-8H,1-2H3. The molecular formula is C15H12BrFO. The van der Waals surface area contributed by atoms with Gasteiger partial charge in [0, 0.05) is 15.6 Å². The molecule has 0 bridgehead atoms. The van der Waals surface area contributed by atoms with Gasteiger partial charge in [-0.1, -0.05) is 34.1 Å². The van der Waals surface area contributed by atoms with E-state index in [2.05, 4.69) is 15.9 Å². The Bertz CT molecular complexity index is 620. The van der Waals surface area contributed by atoms with Crippen molar-refractivity contribution in [3.05, 3.63) is 68.9 Å². The third-order valence-corrected chi connectivity index (χ3v) is 3.73. The summed E-state index contributed by atoms with van der Waals surface area (Å²) in [4.78, 5) is 12.3. The van der Waals surface area contributed by atoms with Crippen LogP contribution in [0.25, 0.3) is 0 Å². The first kappa shape index (κ1) is 13.0. The molecule has 0 heterocycles. The van der Waals surface area contributed by atoms with Crippen molar-refractivity contribution in [2.45, 2.75) is 13.8 Å². The van der Waals surface area contributed by atoms with Gasteiger partial charge in [0.25, 0.3) is 0 Å². The van der Waals surface area contributed by atoms with E-state index < -0.39 is 5.82 Å². The molecular weight excluding hydrogens is 295 g/mol. The SMILES string of the molecule is Cc1ccc(C(=O)c2cc(F)ccc2C)cc1Br. The number of hydrogen-bond donors (Lipinski definition) is 0. The van der Waals surface area contributed by atoms with Crippen LogP contribution in [0.1, 0.15) is 27.0 Å². The Morgan fingerprint density at radius 1 is 1.06 bits per heavy atom. The normalized spacial score (nSPS) is 10.4. The molecule has 0 spiro atoms. The average Bonchev–Trinajstić information content (AvgIpc) is 2.35. The Hall–Kier alpha value is -1.48. The van der Waals surface area contributed by atoms with Crippen molar-refractivity contribution in [2.24, 2.45) is 0 Å². The summed E-state index contributed by atoms with van der Waals surface area (Å²) in [7, 11) is 0. The minimum atomic E-state index is -0.393. The van der Waals surface area contributed by atoms with Crippen LogP contribution in [0, 0.1) is 19.7 Å². The van der Waals surface area contributed by atoms with E-state index in [1.54, 1.807) is 25.1 Å². The van der Waals surface area contributed by atoms with Gasteiger partial charge < -0.3 is 0 Å². The number of carbonyl (C=O) groups excluding carboxylic acids is 1. The van der Waals surface area contributed by atoms with E-state index in [-0.39, 0.29) is 5.78 Å². The molecule has 0 radical (unpaired) electrons. The number of carbonyl (C=O) groups is 1. The van der Waals surface area contributed by atoms with Crippen molar-refractivity contribution < 1.29 is 9.18 Å². The molecule has 2 aromatic rings. The number of halogens is 2. The molecule has 2 aromatic carbocycles. The molecule has 1 nitrogen and oxygen atoms in total. The van der Waals surface area contributed by atoms with Gasteiger partial charge in [-0.25, -0.2) is 4.39 Å². The number of benzene rings is 2. The van der Waals surface area contributed by atoms with E-state index in [4.69, 9.17) is 0 Å². The zero-order valence-corrected chi connectivity index (χ0v) is 11.7. The van der Waals surface area contributed by atoms with E-state index in [9.17, 15) is 9.18 Å². The first-order chi connectivity index (χ1) is 8.49. The lowest BCUT2D eigenvalue weighted by Gasteiger charge is -2.06. The van der Waals surface area contributed by atoms with Gasteiger partial charge in [0.05, 0.1) is 0 Å². The summed E-state index contributed by atoms with van der Waals surface area (Å²) in [5, 5.41) is 0. The third kappa shape index (κ3) is 2.51. The van der Waals surface area contributed by atoms with Gasteiger partial charge in [0.2, 0.25) is 0 Å². The highest BCUT2D eigenvalue weighted by Crippen LogP contribution is 2.21.